The second-order valence-corrected chi connectivity index (χ2v) is 7.40. The second-order valence-electron chi connectivity index (χ2n) is 7.40. The van der Waals surface area contributed by atoms with Crippen LogP contribution in [0.15, 0.2) is 36.4 Å². The van der Waals surface area contributed by atoms with E-state index in [1.54, 1.807) is 18.2 Å². The first-order valence-electron chi connectivity index (χ1n) is 9.08. The van der Waals surface area contributed by atoms with E-state index in [1.807, 2.05) is 18.2 Å². The quantitative estimate of drug-likeness (QED) is 0.801. The fourth-order valence-electron chi connectivity index (χ4n) is 4.46. The van der Waals surface area contributed by atoms with Crippen LogP contribution in [0.4, 0.5) is 0 Å². The van der Waals surface area contributed by atoms with Gasteiger partial charge >= 0.3 is 0 Å². The highest BCUT2D eigenvalue weighted by molar-refractivity contribution is 5.48. The standard InChI is InChI=1S/C20H18O8/c21-19-8-23-18(11-1-3-14-16(5-11)26-9-24-14)13(19)7-28-20(19,22)12-2-4-15-17(6-12)27-10-25-15/h1-6,13,18,21-22H,7-10H2/t13?,18-,19-,20+/m0/s1. The van der Waals surface area contributed by atoms with Crippen molar-refractivity contribution in [2.24, 2.45) is 5.92 Å². The van der Waals surface area contributed by atoms with Crippen LogP contribution in [0.1, 0.15) is 17.2 Å². The Kier molecular flexibility index (Phi) is 3.24. The van der Waals surface area contributed by atoms with Gasteiger partial charge in [-0.1, -0.05) is 6.07 Å². The Bertz CT molecular complexity index is 961. The van der Waals surface area contributed by atoms with Crippen molar-refractivity contribution in [2.45, 2.75) is 17.5 Å². The zero-order valence-corrected chi connectivity index (χ0v) is 14.8. The molecular formula is C20H18O8. The van der Waals surface area contributed by atoms with Crippen LogP contribution < -0.4 is 18.9 Å². The van der Waals surface area contributed by atoms with E-state index in [9.17, 15) is 10.2 Å². The lowest BCUT2D eigenvalue weighted by molar-refractivity contribution is -0.268. The third-order valence-electron chi connectivity index (χ3n) is 6.01. The van der Waals surface area contributed by atoms with Gasteiger partial charge in [-0.15, -0.1) is 0 Å². The van der Waals surface area contributed by atoms with Gasteiger partial charge in [0.15, 0.2) is 28.6 Å². The van der Waals surface area contributed by atoms with Crippen molar-refractivity contribution in [1.29, 1.82) is 0 Å². The van der Waals surface area contributed by atoms with Crippen molar-refractivity contribution >= 4 is 0 Å². The number of ether oxygens (including phenoxy) is 6. The molecule has 0 amide bonds. The minimum Gasteiger partial charge on any atom is -0.454 e. The first-order chi connectivity index (χ1) is 13.6. The molecule has 2 fully saturated rings. The molecule has 8 heteroatoms. The summed E-state index contributed by atoms with van der Waals surface area (Å²) in [6, 6.07) is 10.5. The van der Waals surface area contributed by atoms with Crippen LogP contribution >= 0.6 is 0 Å². The Hall–Kier alpha value is -2.52. The molecule has 1 unspecified atom stereocenters. The minimum atomic E-state index is -1.91. The fraction of sp³-hybridized carbons (Fsp3) is 0.400. The van der Waals surface area contributed by atoms with Crippen LogP contribution in [0.25, 0.3) is 0 Å². The summed E-state index contributed by atoms with van der Waals surface area (Å²) < 4.78 is 33.2. The lowest BCUT2D eigenvalue weighted by Gasteiger charge is -2.35. The first kappa shape index (κ1) is 16.4. The van der Waals surface area contributed by atoms with E-state index < -0.39 is 23.4 Å². The second kappa shape index (κ2) is 5.51. The van der Waals surface area contributed by atoms with Crippen LogP contribution in [-0.2, 0) is 15.3 Å². The molecular weight excluding hydrogens is 368 g/mol. The van der Waals surface area contributed by atoms with Gasteiger partial charge in [0.1, 0.15) is 0 Å². The maximum atomic E-state index is 11.4. The molecule has 8 nitrogen and oxygen atoms in total. The summed E-state index contributed by atoms with van der Waals surface area (Å²) in [5.41, 5.74) is -0.373. The summed E-state index contributed by atoms with van der Waals surface area (Å²) in [5, 5.41) is 22.8. The Balaban J connectivity index is 1.35. The van der Waals surface area contributed by atoms with Gasteiger partial charge in [-0.2, -0.15) is 0 Å². The largest absolute Gasteiger partial charge is 0.454 e. The van der Waals surface area contributed by atoms with Crippen molar-refractivity contribution < 1.29 is 38.6 Å². The molecule has 146 valence electrons. The maximum Gasteiger partial charge on any atom is 0.231 e. The summed E-state index contributed by atoms with van der Waals surface area (Å²) in [6.45, 7) is 0.382. The average Bonchev–Trinajstić information content (AvgIpc) is 3.46. The van der Waals surface area contributed by atoms with Gasteiger partial charge < -0.3 is 38.6 Å². The predicted octanol–water partition coefficient (Wildman–Crippen LogP) is 1.44. The molecule has 2 aromatic rings. The normalized spacial score (nSPS) is 34.6. The highest BCUT2D eigenvalue weighted by Gasteiger charge is 2.67. The summed E-state index contributed by atoms with van der Waals surface area (Å²) in [7, 11) is 0. The zero-order valence-electron chi connectivity index (χ0n) is 14.8. The third-order valence-corrected chi connectivity index (χ3v) is 6.01. The lowest BCUT2D eigenvalue weighted by atomic mass is 9.78. The fourth-order valence-corrected chi connectivity index (χ4v) is 4.46. The van der Waals surface area contributed by atoms with E-state index >= 15 is 0 Å². The van der Waals surface area contributed by atoms with Crippen molar-refractivity contribution in [3.8, 4) is 23.0 Å². The van der Waals surface area contributed by atoms with Crippen molar-refractivity contribution in [2.75, 3.05) is 26.8 Å². The van der Waals surface area contributed by atoms with E-state index in [0.29, 0.717) is 28.6 Å². The summed E-state index contributed by atoms with van der Waals surface area (Å²) in [4.78, 5) is 0. The highest BCUT2D eigenvalue weighted by Crippen LogP contribution is 2.56. The molecule has 2 aromatic carbocycles. The molecule has 4 aliphatic heterocycles. The van der Waals surface area contributed by atoms with Gasteiger partial charge in [-0.05, 0) is 35.9 Å². The summed E-state index contributed by atoms with van der Waals surface area (Å²) >= 11 is 0. The molecule has 4 heterocycles. The van der Waals surface area contributed by atoms with Crippen LogP contribution in [0.5, 0.6) is 23.0 Å². The molecule has 0 spiro atoms. The molecule has 0 radical (unpaired) electrons. The number of hydrogen-bond acceptors (Lipinski definition) is 8. The number of rotatable bonds is 2. The lowest BCUT2D eigenvalue weighted by Crippen LogP contribution is -2.52. The molecule has 2 N–H and O–H groups in total. The SMILES string of the molecule is O[C@]1(c2ccc3c(c2)OCO3)OCC2[C@H](c3ccc4c(c3)OCO4)OC[C@]21O. The van der Waals surface area contributed by atoms with Gasteiger partial charge in [0.05, 0.1) is 19.3 Å². The third kappa shape index (κ3) is 2.03. The van der Waals surface area contributed by atoms with Crippen LogP contribution in [0.2, 0.25) is 0 Å². The molecule has 4 atom stereocenters. The van der Waals surface area contributed by atoms with Crippen LogP contribution in [0, 0.1) is 5.92 Å². The minimum absolute atomic E-state index is 0.0677. The highest BCUT2D eigenvalue weighted by atomic mass is 16.7. The van der Waals surface area contributed by atoms with Crippen LogP contribution in [-0.4, -0.2) is 42.6 Å². The zero-order chi connectivity index (χ0) is 18.9. The summed E-state index contributed by atoms with van der Waals surface area (Å²) in [6.07, 6.45) is -0.442. The van der Waals surface area contributed by atoms with E-state index in [4.69, 9.17) is 28.4 Å². The molecule has 0 bridgehead atoms. The first-order valence-corrected chi connectivity index (χ1v) is 9.08. The van der Waals surface area contributed by atoms with Crippen LogP contribution in [0.3, 0.4) is 0 Å². The maximum absolute atomic E-state index is 11.4. The number of benzene rings is 2. The van der Waals surface area contributed by atoms with Gasteiger partial charge in [-0.3, -0.25) is 0 Å². The predicted molar refractivity (Wildman–Crippen MR) is 92.1 cm³/mol. The topological polar surface area (TPSA) is 95.8 Å². The molecule has 0 aliphatic carbocycles. The van der Waals surface area contributed by atoms with Gasteiger partial charge in [0.25, 0.3) is 0 Å². The Labute approximate surface area is 160 Å². The average molecular weight is 386 g/mol. The van der Waals surface area contributed by atoms with Gasteiger partial charge in [-0.25, -0.2) is 0 Å². The van der Waals surface area contributed by atoms with Gasteiger partial charge in [0.2, 0.25) is 19.4 Å². The molecule has 28 heavy (non-hydrogen) atoms. The Morgan fingerprint density at radius 3 is 2.29 bits per heavy atom. The van der Waals surface area contributed by atoms with Gasteiger partial charge in [0, 0.05) is 11.5 Å². The Morgan fingerprint density at radius 1 is 0.821 bits per heavy atom. The number of hydrogen-bond donors (Lipinski definition) is 2. The molecule has 0 aromatic heterocycles. The van der Waals surface area contributed by atoms with Crippen molar-refractivity contribution in [1.82, 2.24) is 0 Å². The summed E-state index contributed by atoms with van der Waals surface area (Å²) in [5.74, 6) is 0.0490. The monoisotopic (exact) mass is 386 g/mol. The molecule has 4 aliphatic rings. The number of aliphatic hydroxyl groups is 2. The van der Waals surface area contributed by atoms with E-state index in [1.165, 1.54) is 0 Å². The van der Waals surface area contributed by atoms with E-state index in [-0.39, 0.29) is 26.8 Å². The number of fused-ring (bicyclic) bond motifs is 3. The van der Waals surface area contributed by atoms with Crippen molar-refractivity contribution in [3.05, 3.63) is 47.5 Å². The van der Waals surface area contributed by atoms with E-state index in [0.717, 1.165) is 5.56 Å². The van der Waals surface area contributed by atoms with Crippen molar-refractivity contribution in [3.63, 3.8) is 0 Å². The molecule has 0 saturated carbocycles. The smallest absolute Gasteiger partial charge is 0.231 e. The Morgan fingerprint density at radius 2 is 1.50 bits per heavy atom. The molecule has 2 saturated heterocycles. The molecule has 6 rings (SSSR count). The van der Waals surface area contributed by atoms with E-state index in [2.05, 4.69) is 0 Å².